The van der Waals surface area contributed by atoms with E-state index in [0.29, 0.717) is 28.8 Å². The molecule has 0 radical (unpaired) electrons. The summed E-state index contributed by atoms with van der Waals surface area (Å²) in [4.78, 5) is 26.5. The number of nitrogens with one attached hydrogen (secondary N) is 2. The number of thiophene rings is 1. The van der Waals surface area contributed by atoms with Crippen LogP contribution in [0.25, 0.3) is 0 Å². The number of amidine groups is 1. The Hall–Kier alpha value is -2.74. The van der Waals surface area contributed by atoms with E-state index in [0.717, 1.165) is 0 Å². The van der Waals surface area contributed by atoms with Crippen molar-refractivity contribution in [3.63, 3.8) is 0 Å². The van der Waals surface area contributed by atoms with Crippen molar-refractivity contribution in [1.29, 1.82) is 5.41 Å². The fourth-order valence-corrected chi connectivity index (χ4v) is 3.46. The summed E-state index contributed by atoms with van der Waals surface area (Å²) in [5.74, 6) is -1.31. The molecule has 1 amide bonds. The third-order valence-electron chi connectivity index (χ3n) is 3.82. The number of nitrogen functional groups attached to an aromatic ring is 1. The zero-order valence-electron chi connectivity index (χ0n) is 16.1. The van der Waals surface area contributed by atoms with Gasteiger partial charge in [0.25, 0.3) is 5.91 Å². The van der Waals surface area contributed by atoms with Crippen molar-refractivity contribution >= 4 is 54.3 Å². The zero-order valence-corrected chi connectivity index (χ0v) is 17.9. The predicted molar refractivity (Wildman–Crippen MR) is 121 cm³/mol. The summed E-state index contributed by atoms with van der Waals surface area (Å²) in [5.41, 5.74) is 12.5. The van der Waals surface area contributed by atoms with Gasteiger partial charge in [-0.3, -0.25) is 10.2 Å². The van der Waals surface area contributed by atoms with Crippen molar-refractivity contribution in [2.24, 2.45) is 16.6 Å². The highest BCUT2D eigenvalue weighted by atomic mass is 32.1. The van der Waals surface area contributed by atoms with Gasteiger partial charge in [0.05, 0.1) is 5.69 Å². The molecule has 1 aromatic carbocycles. The van der Waals surface area contributed by atoms with E-state index in [1.54, 1.807) is 35.0 Å². The standard InChI is InChI=1S/C19H24N5O3PS/c1-10(2)8-23-19(26)15(17(25)16(21)11-5-6-29-9-11)18(22)24-13-4-3-12(20)7-14(13)28-27/h3-7,9-10,21,25,27-28H,8,20H2,1-2H3,(H2,22,24)(H,23,26)/b17-15+,21-16?. The minimum absolute atomic E-state index is 0.177. The molecule has 0 saturated carbocycles. The summed E-state index contributed by atoms with van der Waals surface area (Å²) < 4.78 is 0. The van der Waals surface area contributed by atoms with E-state index in [-0.39, 0.29) is 23.0 Å². The van der Waals surface area contributed by atoms with Crippen molar-refractivity contribution < 1.29 is 14.8 Å². The van der Waals surface area contributed by atoms with Gasteiger partial charge in [0.15, 0.2) is 5.76 Å². The number of amides is 1. The summed E-state index contributed by atoms with van der Waals surface area (Å²) in [5, 5.41) is 25.5. The number of nitrogens with zero attached hydrogens (tertiary/aromatic N) is 1. The molecule has 1 aromatic heterocycles. The number of aliphatic imine (C=N–C) groups is 1. The van der Waals surface area contributed by atoms with E-state index in [2.05, 4.69) is 10.3 Å². The van der Waals surface area contributed by atoms with E-state index in [1.807, 2.05) is 13.8 Å². The van der Waals surface area contributed by atoms with Gasteiger partial charge in [-0.2, -0.15) is 11.3 Å². The van der Waals surface area contributed by atoms with Gasteiger partial charge >= 0.3 is 0 Å². The number of carbonyl (C=O) groups is 1. The van der Waals surface area contributed by atoms with Crippen LogP contribution in [-0.4, -0.2) is 34.0 Å². The Morgan fingerprint density at radius 1 is 1.38 bits per heavy atom. The second-order valence-electron chi connectivity index (χ2n) is 6.60. The first kappa shape index (κ1) is 22.5. The maximum absolute atomic E-state index is 12.8. The molecule has 8 N–H and O–H groups in total. The average Bonchev–Trinajstić information content (AvgIpc) is 3.21. The largest absolute Gasteiger partial charge is 0.505 e. The number of rotatable bonds is 8. The third-order valence-corrected chi connectivity index (χ3v) is 5.14. The molecule has 8 nitrogen and oxygen atoms in total. The van der Waals surface area contributed by atoms with Gasteiger partial charge in [-0.05, 0) is 35.6 Å². The minimum atomic E-state index is -0.638. The van der Waals surface area contributed by atoms with E-state index in [1.165, 1.54) is 11.3 Å². The van der Waals surface area contributed by atoms with Gasteiger partial charge in [-0.1, -0.05) is 13.8 Å². The highest BCUT2D eigenvalue weighted by Crippen LogP contribution is 2.21. The lowest BCUT2D eigenvalue weighted by molar-refractivity contribution is -0.117. The normalized spacial score (nSPS) is 13.0. The molecule has 1 heterocycles. The molecule has 0 spiro atoms. The molecule has 2 rings (SSSR count). The molecule has 0 fully saturated rings. The van der Waals surface area contributed by atoms with Crippen molar-refractivity contribution in [3.8, 4) is 0 Å². The van der Waals surface area contributed by atoms with E-state index in [4.69, 9.17) is 16.9 Å². The summed E-state index contributed by atoms with van der Waals surface area (Å²) in [7, 11) is -0.581. The number of anilines is 1. The topological polar surface area (TPSA) is 158 Å². The van der Waals surface area contributed by atoms with Gasteiger partial charge in [-0.25, -0.2) is 4.99 Å². The second kappa shape index (κ2) is 10.2. The molecular formula is C19H24N5O3PS. The first-order chi connectivity index (χ1) is 13.7. The molecule has 0 bridgehead atoms. The van der Waals surface area contributed by atoms with Crippen molar-refractivity contribution in [1.82, 2.24) is 5.32 Å². The van der Waals surface area contributed by atoms with Crippen LogP contribution in [-0.2, 0) is 4.79 Å². The van der Waals surface area contributed by atoms with Gasteiger partial charge in [0.2, 0.25) is 0 Å². The lowest BCUT2D eigenvalue weighted by atomic mass is 10.1. The monoisotopic (exact) mass is 433 g/mol. The first-order valence-electron chi connectivity index (χ1n) is 8.71. The first-order valence-corrected chi connectivity index (χ1v) is 10.6. The average molecular weight is 433 g/mol. The predicted octanol–water partition coefficient (Wildman–Crippen LogP) is 2.18. The van der Waals surface area contributed by atoms with Crippen LogP contribution in [0.15, 0.2) is 51.4 Å². The van der Waals surface area contributed by atoms with E-state index < -0.39 is 20.5 Å². The number of aliphatic hydroxyl groups is 1. The maximum atomic E-state index is 12.8. The van der Waals surface area contributed by atoms with Crippen LogP contribution in [0.4, 0.5) is 11.4 Å². The van der Waals surface area contributed by atoms with Crippen LogP contribution in [0.5, 0.6) is 0 Å². The number of nitrogens with two attached hydrogens (primary N) is 2. The quantitative estimate of drug-likeness (QED) is 0.0939. The van der Waals surface area contributed by atoms with Gasteiger partial charge in [-0.15, -0.1) is 0 Å². The lowest BCUT2D eigenvalue weighted by Crippen LogP contribution is -2.35. The Morgan fingerprint density at radius 2 is 2.10 bits per heavy atom. The number of aliphatic hydroxyl groups excluding tert-OH is 1. The fourth-order valence-electron chi connectivity index (χ4n) is 2.33. The van der Waals surface area contributed by atoms with Crippen molar-refractivity contribution in [3.05, 3.63) is 51.9 Å². The second-order valence-corrected chi connectivity index (χ2v) is 8.14. The molecule has 1 unspecified atom stereocenters. The van der Waals surface area contributed by atoms with Crippen LogP contribution >= 0.6 is 20.1 Å². The van der Waals surface area contributed by atoms with Crippen molar-refractivity contribution in [2.45, 2.75) is 13.8 Å². The van der Waals surface area contributed by atoms with Gasteiger partial charge in [0.1, 0.15) is 17.1 Å². The summed E-state index contributed by atoms with van der Waals surface area (Å²) in [6, 6.07) is 6.36. The smallest absolute Gasteiger partial charge is 0.258 e. The molecule has 0 saturated heterocycles. The van der Waals surface area contributed by atoms with Crippen molar-refractivity contribution in [2.75, 3.05) is 12.3 Å². The Kier molecular flexibility index (Phi) is 7.90. The Labute approximate surface area is 174 Å². The summed E-state index contributed by atoms with van der Waals surface area (Å²) in [6.07, 6.45) is 0. The van der Waals surface area contributed by atoms with E-state index >= 15 is 0 Å². The summed E-state index contributed by atoms with van der Waals surface area (Å²) >= 11 is 1.36. The fraction of sp³-hybridized carbons (Fsp3) is 0.211. The molecule has 0 aliphatic rings. The third kappa shape index (κ3) is 5.87. The SMILES string of the molecule is CC(C)CNC(=O)/C(C(N)=Nc1ccc(N)cc1PO)=C(/O)C(=N)c1ccsc1. The zero-order chi connectivity index (χ0) is 21.6. The molecule has 0 aliphatic heterocycles. The van der Waals surface area contributed by atoms with Gasteiger partial charge < -0.3 is 26.8 Å². The number of allylic oxidation sites excluding steroid dienone is 1. The minimum Gasteiger partial charge on any atom is -0.505 e. The molecular weight excluding hydrogens is 409 g/mol. The molecule has 10 heteroatoms. The Morgan fingerprint density at radius 3 is 2.69 bits per heavy atom. The maximum Gasteiger partial charge on any atom is 0.258 e. The molecule has 1 atom stereocenters. The number of benzene rings is 1. The molecule has 154 valence electrons. The number of hydrogen-bond donors (Lipinski definition) is 6. The summed E-state index contributed by atoms with van der Waals surface area (Å²) in [6.45, 7) is 4.22. The molecule has 29 heavy (non-hydrogen) atoms. The highest BCUT2D eigenvalue weighted by molar-refractivity contribution is 7.41. The van der Waals surface area contributed by atoms with Crippen LogP contribution in [0, 0.1) is 11.3 Å². The van der Waals surface area contributed by atoms with Crippen LogP contribution in [0.3, 0.4) is 0 Å². The highest BCUT2D eigenvalue weighted by Gasteiger charge is 2.23. The number of carbonyl (C=O) groups excluding carboxylic acids is 1. The van der Waals surface area contributed by atoms with E-state index in [9.17, 15) is 14.8 Å². The van der Waals surface area contributed by atoms with Gasteiger partial charge in [0, 0.05) is 37.3 Å². The Balaban J connectivity index is 2.53. The number of hydrogen-bond acceptors (Lipinski definition) is 7. The molecule has 2 aromatic rings. The lowest BCUT2D eigenvalue weighted by Gasteiger charge is -2.13. The molecule has 0 aliphatic carbocycles. The van der Waals surface area contributed by atoms with Crippen LogP contribution in [0.1, 0.15) is 19.4 Å². The Bertz CT molecular complexity index is 955. The van der Waals surface area contributed by atoms with Crippen LogP contribution in [0.2, 0.25) is 0 Å². The van der Waals surface area contributed by atoms with Crippen LogP contribution < -0.4 is 22.1 Å².